The van der Waals surface area contributed by atoms with Gasteiger partial charge in [-0.2, -0.15) is 0 Å². The van der Waals surface area contributed by atoms with Crippen LogP contribution in [-0.4, -0.2) is 56.0 Å². The fraction of sp³-hybridized carbons (Fsp3) is 0.833. The largest absolute Gasteiger partial charge is 0.481 e. The number of carbonyl (C=O) groups is 3. The van der Waals surface area contributed by atoms with Crippen LogP contribution in [0.25, 0.3) is 0 Å². The molecular formula is C18H29NO7. The van der Waals surface area contributed by atoms with Crippen LogP contribution in [0.4, 0.5) is 0 Å². The molecule has 2 rings (SSSR count). The fourth-order valence-corrected chi connectivity index (χ4v) is 3.97. The number of hydrogen-bond donors (Lipinski definition) is 3. The third kappa shape index (κ3) is 5.67. The van der Waals surface area contributed by atoms with Crippen molar-refractivity contribution in [2.75, 3.05) is 0 Å². The van der Waals surface area contributed by atoms with Crippen molar-refractivity contribution in [2.24, 2.45) is 0 Å². The van der Waals surface area contributed by atoms with Gasteiger partial charge in [0.25, 0.3) is 0 Å². The molecule has 0 saturated heterocycles. The minimum Gasteiger partial charge on any atom is -0.481 e. The summed E-state index contributed by atoms with van der Waals surface area (Å²) in [6.45, 7) is 0. The van der Waals surface area contributed by atoms with Crippen LogP contribution in [-0.2, 0) is 19.2 Å². The zero-order chi connectivity index (χ0) is 19.2. The molecule has 1 unspecified atom stereocenters. The highest BCUT2D eigenvalue weighted by molar-refractivity contribution is 5.88. The summed E-state index contributed by atoms with van der Waals surface area (Å²) in [6, 6.07) is 0.210. The summed E-state index contributed by atoms with van der Waals surface area (Å²) in [6.07, 6.45) is 8.28. The summed E-state index contributed by atoms with van der Waals surface area (Å²) in [4.78, 5) is 40.0. The molecule has 1 atom stereocenters. The summed E-state index contributed by atoms with van der Waals surface area (Å²) in [5.41, 5.74) is -2.66. The van der Waals surface area contributed by atoms with Crippen LogP contribution in [0.15, 0.2) is 0 Å². The van der Waals surface area contributed by atoms with Crippen molar-refractivity contribution in [1.29, 1.82) is 0 Å². The lowest BCUT2D eigenvalue weighted by molar-refractivity contribution is -0.227. The van der Waals surface area contributed by atoms with Crippen LogP contribution in [0.5, 0.6) is 0 Å². The Morgan fingerprint density at radius 3 is 1.69 bits per heavy atom. The van der Waals surface area contributed by atoms with Gasteiger partial charge in [-0.25, -0.2) is 4.79 Å². The van der Waals surface area contributed by atoms with E-state index in [0.717, 1.165) is 64.2 Å². The number of rotatable bonds is 8. The lowest BCUT2D eigenvalue weighted by Crippen LogP contribution is -2.48. The Hall–Kier alpha value is -1.67. The normalized spacial score (nSPS) is 21.9. The second-order valence-electron chi connectivity index (χ2n) is 7.49. The minimum atomic E-state index is -2.66. The standard InChI is InChI=1S/C18H29NO7/c20-15(21)11-18(25,17(23)24)12-16(22)26-19(13-7-3-1-4-8-13)14-9-5-2-6-10-14/h13-14,25H,1-12H2,(H,20,21)(H,23,24). The molecule has 0 heterocycles. The molecule has 2 fully saturated rings. The fourth-order valence-electron chi connectivity index (χ4n) is 3.97. The Bertz CT molecular complexity index is 494. The summed E-state index contributed by atoms with van der Waals surface area (Å²) >= 11 is 0. The van der Waals surface area contributed by atoms with Gasteiger partial charge in [0.05, 0.1) is 12.8 Å². The van der Waals surface area contributed by atoms with E-state index in [1.807, 2.05) is 0 Å². The molecule has 8 heteroatoms. The van der Waals surface area contributed by atoms with Crippen molar-refractivity contribution < 1.29 is 34.5 Å². The predicted molar refractivity (Wildman–Crippen MR) is 91.1 cm³/mol. The van der Waals surface area contributed by atoms with Gasteiger partial charge in [0.1, 0.15) is 0 Å². The maximum atomic E-state index is 12.4. The topological polar surface area (TPSA) is 124 Å². The molecular weight excluding hydrogens is 342 g/mol. The number of hydroxylamine groups is 2. The Morgan fingerprint density at radius 1 is 0.846 bits per heavy atom. The molecule has 3 N–H and O–H groups in total. The smallest absolute Gasteiger partial charge is 0.336 e. The van der Waals surface area contributed by atoms with E-state index < -0.39 is 36.4 Å². The van der Waals surface area contributed by atoms with Gasteiger partial charge < -0.3 is 20.2 Å². The van der Waals surface area contributed by atoms with E-state index in [0.29, 0.717) is 0 Å². The van der Waals surface area contributed by atoms with Crippen LogP contribution < -0.4 is 0 Å². The van der Waals surface area contributed by atoms with Crippen LogP contribution in [0.3, 0.4) is 0 Å². The van der Waals surface area contributed by atoms with Crippen molar-refractivity contribution in [3.05, 3.63) is 0 Å². The quantitative estimate of drug-likeness (QED) is 0.554. The molecule has 0 spiro atoms. The van der Waals surface area contributed by atoms with Crippen LogP contribution in [0.1, 0.15) is 77.0 Å². The van der Waals surface area contributed by atoms with Crippen molar-refractivity contribution in [3.63, 3.8) is 0 Å². The third-order valence-corrected chi connectivity index (χ3v) is 5.35. The molecule has 0 aliphatic heterocycles. The van der Waals surface area contributed by atoms with Crippen molar-refractivity contribution in [1.82, 2.24) is 5.06 Å². The number of aliphatic hydroxyl groups is 1. The van der Waals surface area contributed by atoms with Crippen LogP contribution in [0, 0.1) is 0 Å². The van der Waals surface area contributed by atoms with Gasteiger partial charge >= 0.3 is 17.9 Å². The maximum Gasteiger partial charge on any atom is 0.336 e. The zero-order valence-electron chi connectivity index (χ0n) is 15.1. The molecule has 0 bridgehead atoms. The first-order valence-corrected chi connectivity index (χ1v) is 9.48. The van der Waals surface area contributed by atoms with Crippen molar-refractivity contribution in [2.45, 2.75) is 94.7 Å². The highest BCUT2D eigenvalue weighted by Gasteiger charge is 2.43. The molecule has 0 amide bonds. The van der Waals surface area contributed by atoms with Gasteiger partial charge in [-0.3, -0.25) is 9.59 Å². The third-order valence-electron chi connectivity index (χ3n) is 5.35. The Labute approximate surface area is 153 Å². The Kier molecular flexibility index (Phi) is 7.40. The molecule has 26 heavy (non-hydrogen) atoms. The van der Waals surface area contributed by atoms with E-state index >= 15 is 0 Å². The van der Waals surface area contributed by atoms with E-state index in [2.05, 4.69) is 0 Å². The summed E-state index contributed by atoms with van der Waals surface area (Å²) in [5.74, 6) is -4.12. The van der Waals surface area contributed by atoms with Gasteiger partial charge in [-0.05, 0) is 25.7 Å². The molecule has 2 saturated carbocycles. The van der Waals surface area contributed by atoms with E-state index in [1.54, 1.807) is 5.06 Å². The number of carboxylic acids is 2. The molecule has 0 radical (unpaired) electrons. The molecule has 0 aromatic heterocycles. The van der Waals surface area contributed by atoms with Crippen molar-refractivity contribution >= 4 is 17.9 Å². The van der Waals surface area contributed by atoms with Gasteiger partial charge in [0.2, 0.25) is 0 Å². The zero-order valence-corrected chi connectivity index (χ0v) is 15.1. The first kappa shape index (κ1) is 20.6. The van der Waals surface area contributed by atoms with Gasteiger partial charge in [0.15, 0.2) is 5.60 Å². The lowest BCUT2D eigenvalue weighted by atomic mass is 9.90. The van der Waals surface area contributed by atoms with Gasteiger partial charge in [0, 0.05) is 12.1 Å². The SMILES string of the molecule is O=C(O)CC(O)(CC(=O)ON(C1CCCCC1)C1CCCCC1)C(=O)O. The first-order chi connectivity index (χ1) is 12.3. The van der Waals surface area contributed by atoms with Crippen LogP contribution >= 0.6 is 0 Å². The number of carboxylic acid groups (broad SMARTS) is 2. The summed E-state index contributed by atoms with van der Waals surface area (Å²) in [7, 11) is 0. The molecule has 8 nitrogen and oxygen atoms in total. The molecule has 148 valence electrons. The Balaban J connectivity index is 2.06. The average molecular weight is 371 g/mol. The lowest BCUT2D eigenvalue weighted by Gasteiger charge is -2.39. The van der Waals surface area contributed by atoms with Gasteiger partial charge in [-0.15, -0.1) is 5.06 Å². The molecule has 0 aromatic carbocycles. The monoisotopic (exact) mass is 371 g/mol. The van der Waals surface area contributed by atoms with Crippen molar-refractivity contribution in [3.8, 4) is 0 Å². The van der Waals surface area contributed by atoms with E-state index in [4.69, 9.17) is 15.1 Å². The second-order valence-corrected chi connectivity index (χ2v) is 7.49. The highest BCUT2D eigenvalue weighted by atomic mass is 16.7. The molecule has 2 aliphatic rings. The summed E-state index contributed by atoms with van der Waals surface area (Å²) < 4.78 is 0. The van der Waals surface area contributed by atoms with Gasteiger partial charge in [-0.1, -0.05) is 38.5 Å². The first-order valence-electron chi connectivity index (χ1n) is 9.48. The number of aliphatic carboxylic acids is 2. The highest BCUT2D eigenvalue weighted by Crippen LogP contribution is 2.31. The van der Waals surface area contributed by atoms with E-state index in [9.17, 15) is 19.5 Å². The molecule has 0 aromatic rings. The maximum absolute atomic E-state index is 12.4. The second kappa shape index (κ2) is 9.32. The Morgan fingerprint density at radius 2 is 1.31 bits per heavy atom. The minimum absolute atomic E-state index is 0.105. The number of nitrogens with zero attached hydrogens (tertiary/aromatic N) is 1. The summed E-state index contributed by atoms with van der Waals surface area (Å²) in [5, 5.41) is 29.7. The average Bonchev–Trinajstić information content (AvgIpc) is 2.60. The predicted octanol–water partition coefficient (Wildman–Crippen LogP) is 2.09. The van der Waals surface area contributed by atoms with Crippen LogP contribution in [0.2, 0.25) is 0 Å². The number of carbonyl (C=O) groups excluding carboxylic acids is 1. The number of hydrogen-bond acceptors (Lipinski definition) is 6. The van der Waals surface area contributed by atoms with E-state index in [-0.39, 0.29) is 12.1 Å². The molecule has 2 aliphatic carbocycles. The van der Waals surface area contributed by atoms with E-state index in [1.165, 1.54) is 0 Å².